The number of hydrogen-bond donors (Lipinski definition) is 5. The minimum Gasteiger partial charge on any atom is -0.489 e. The molecule has 10 heteroatoms. The second kappa shape index (κ2) is 14.3. The normalized spacial score (nSPS) is 10.4. The summed E-state index contributed by atoms with van der Waals surface area (Å²) in [7, 11) is 0. The van der Waals surface area contributed by atoms with Crippen LogP contribution in [0, 0.1) is 10.8 Å². The van der Waals surface area contributed by atoms with E-state index in [0.717, 1.165) is 34.5 Å². The maximum atomic E-state index is 13.4. The smallest absolute Gasteiger partial charge is 0.355 e. The molecular formula is C34H33N5O5. The molecule has 0 spiro atoms. The lowest BCUT2D eigenvalue weighted by atomic mass is 10.1. The zero-order chi connectivity index (χ0) is 31.6. The third-order valence-corrected chi connectivity index (χ3v) is 6.52. The van der Waals surface area contributed by atoms with Crippen molar-refractivity contribution in [3.8, 4) is 5.75 Å². The molecule has 0 saturated carbocycles. The van der Waals surface area contributed by atoms with Gasteiger partial charge in [0.05, 0.1) is 0 Å². The minimum atomic E-state index is -0.833. The van der Waals surface area contributed by atoms with Gasteiger partial charge in [0, 0.05) is 35.5 Å². The van der Waals surface area contributed by atoms with Crippen molar-refractivity contribution in [3.05, 3.63) is 137 Å². The number of carboxylic acids is 1. The number of nitrogens with zero attached hydrogens (tertiary/aromatic N) is 1. The Labute approximate surface area is 254 Å². The zero-order valence-electron chi connectivity index (χ0n) is 24.1. The molecule has 5 rings (SSSR count). The van der Waals surface area contributed by atoms with Crippen molar-refractivity contribution in [3.63, 3.8) is 0 Å². The van der Waals surface area contributed by atoms with Crippen molar-refractivity contribution in [1.82, 2.24) is 4.57 Å². The molecule has 7 N–H and O–H groups in total. The van der Waals surface area contributed by atoms with Crippen molar-refractivity contribution < 1.29 is 24.2 Å². The third-order valence-electron chi connectivity index (χ3n) is 6.52. The third kappa shape index (κ3) is 8.32. The summed E-state index contributed by atoms with van der Waals surface area (Å²) in [5.74, 6) is -0.704. The number of aromatic nitrogens is 1. The predicted molar refractivity (Wildman–Crippen MR) is 169 cm³/mol. The standard InChI is InChI=1S/C32H29N5O3.C2H4O2/c33-30(34)24-10-4-8-22(14-24)18-37-28-13-12-27(39-19-21-6-2-1-3-7-21)16-26(28)17-29(37)32(38)40-20-23-9-5-11-25(15-23)31(35)36;1-2(3)4/h1-17H,18-20H2,(H3,33,34)(H3,35,36);1H3,(H,3,4). The minimum absolute atomic E-state index is 0.0214. The summed E-state index contributed by atoms with van der Waals surface area (Å²) in [6.45, 7) is 1.92. The number of fused-ring (bicyclic) bond motifs is 1. The van der Waals surface area contributed by atoms with Crippen LogP contribution in [0.5, 0.6) is 5.75 Å². The van der Waals surface area contributed by atoms with E-state index in [9.17, 15) is 4.79 Å². The van der Waals surface area contributed by atoms with Crippen molar-refractivity contribution in [2.24, 2.45) is 11.5 Å². The molecule has 224 valence electrons. The molecule has 0 fully saturated rings. The predicted octanol–water partition coefficient (Wildman–Crippen LogP) is 5.28. The van der Waals surface area contributed by atoms with E-state index in [2.05, 4.69) is 0 Å². The fraction of sp³-hybridized carbons (Fsp3) is 0.118. The molecule has 0 unspecified atom stereocenters. The molecule has 0 amide bonds. The summed E-state index contributed by atoms with van der Waals surface area (Å²) in [5, 5.41) is 23.7. The van der Waals surface area contributed by atoms with Gasteiger partial charge in [-0.1, -0.05) is 66.7 Å². The number of aliphatic carboxylic acids is 1. The first-order chi connectivity index (χ1) is 21.1. The highest BCUT2D eigenvalue weighted by atomic mass is 16.5. The second-order valence-electron chi connectivity index (χ2n) is 9.93. The van der Waals surface area contributed by atoms with Gasteiger partial charge in [0.1, 0.15) is 36.3 Å². The van der Waals surface area contributed by atoms with Crippen molar-refractivity contribution in [2.45, 2.75) is 26.7 Å². The van der Waals surface area contributed by atoms with Crippen LogP contribution in [0.2, 0.25) is 0 Å². The van der Waals surface area contributed by atoms with E-state index in [1.165, 1.54) is 0 Å². The topological polar surface area (TPSA) is 178 Å². The number of esters is 1. The van der Waals surface area contributed by atoms with Crippen LogP contribution in [0.4, 0.5) is 0 Å². The van der Waals surface area contributed by atoms with Crippen LogP contribution >= 0.6 is 0 Å². The maximum absolute atomic E-state index is 13.4. The van der Waals surface area contributed by atoms with E-state index < -0.39 is 11.9 Å². The van der Waals surface area contributed by atoms with Gasteiger partial charge < -0.3 is 30.6 Å². The van der Waals surface area contributed by atoms with Crippen LogP contribution < -0.4 is 16.2 Å². The Hall–Kier alpha value is -5.90. The molecule has 0 bridgehead atoms. The maximum Gasteiger partial charge on any atom is 0.355 e. The van der Waals surface area contributed by atoms with E-state index in [0.29, 0.717) is 35.7 Å². The number of benzene rings is 4. The van der Waals surface area contributed by atoms with Gasteiger partial charge in [-0.05, 0) is 53.1 Å². The summed E-state index contributed by atoms with van der Waals surface area (Å²) in [6, 6.07) is 31.9. The van der Waals surface area contributed by atoms with Gasteiger partial charge in [-0.25, -0.2) is 4.79 Å². The van der Waals surface area contributed by atoms with Gasteiger partial charge in [-0.3, -0.25) is 15.6 Å². The number of carbonyl (C=O) groups excluding carboxylic acids is 1. The number of nitrogens with two attached hydrogens (primary N) is 2. The van der Waals surface area contributed by atoms with Crippen LogP contribution in [-0.4, -0.2) is 33.3 Å². The van der Waals surface area contributed by atoms with E-state index in [-0.39, 0.29) is 18.3 Å². The van der Waals surface area contributed by atoms with E-state index >= 15 is 0 Å². The van der Waals surface area contributed by atoms with Crippen LogP contribution in [0.1, 0.15) is 45.2 Å². The molecule has 0 radical (unpaired) electrons. The Morgan fingerprint density at radius 2 is 1.34 bits per heavy atom. The fourth-order valence-electron chi connectivity index (χ4n) is 4.49. The summed E-state index contributed by atoms with van der Waals surface area (Å²) < 4.78 is 13.6. The van der Waals surface area contributed by atoms with Gasteiger partial charge in [-0.2, -0.15) is 0 Å². The van der Waals surface area contributed by atoms with Crippen LogP contribution in [0.25, 0.3) is 10.9 Å². The molecule has 0 saturated heterocycles. The molecule has 10 nitrogen and oxygen atoms in total. The molecule has 1 aromatic heterocycles. The lowest BCUT2D eigenvalue weighted by molar-refractivity contribution is -0.134. The van der Waals surface area contributed by atoms with Gasteiger partial charge in [0.25, 0.3) is 5.97 Å². The molecule has 0 aliphatic carbocycles. The Morgan fingerprint density at radius 1 is 0.750 bits per heavy atom. The average molecular weight is 592 g/mol. The summed E-state index contributed by atoms with van der Waals surface area (Å²) in [4.78, 5) is 22.4. The van der Waals surface area contributed by atoms with Crippen LogP contribution in [0.15, 0.2) is 103 Å². The Morgan fingerprint density at radius 3 is 1.98 bits per heavy atom. The highest BCUT2D eigenvalue weighted by Crippen LogP contribution is 2.27. The lowest BCUT2D eigenvalue weighted by Gasteiger charge is -2.13. The number of ether oxygens (including phenoxy) is 2. The molecule has 0 aliphatic heterocycles. The van der Waals surface area contributed by atoms with E-state index in [1.54, 1.807) is 30.3 Å². The molecule has 5 aromatic rings. The quantitative estimate of drug-likeness (QED) is 0.0832. The second-order valence-corrected chi connectivity index (χ2v) is 9.93. The number of carboxylic acid groups (broad SMARTS) is 1. The number of rotatable bonds is 10. The van der Waals surface area contributed by atoms with E-state index in [1.807, 2.05) is 77.4 Å². The van der Waals surface area contributed by atoms with Gasteiger partial charge in [0.15, 0.2) is 0 Å². The average Bonchev–Trinajstić information content (AvgIpc) is 3.36. The van der Waals surface area contributed by atoms with Gasteiger partial charge in [0.2, 0.25) is 0 Å². The first-order valence-corrected chi connectivity index (χ1v) is 13.6. The van der Waals surface area contributed by atoms with Crippen molar-refractivity contribution in [1.29, 1.82) is 10.8 Å². The number of amidine groups is 2. The molecule has 1 heterocycles. The summed E-state index contributed by atoms with van der Waals surface area (Å²) in [5.41, 5.74) is 16.4. The van der Waals surface area contributed by atoms with Crippen LogP contribution in [0.3, 0.4) is 0 Å². The number of nitrogens with one attached hydrogen (secondary N) is 2. The Balaban J connectivity index is 0.00000104. The van der Waals surface area contributed by atoms with E-state index in [4.69, 9.17) is 41.7 Å². The lowest BCUT2D eigenvalue weighted by Crippen LogP contribution is -2.15. The number of carbonyl (C=O) groups is 2. The highest BCUT2D eigenvalue weighted by molar-refractivity contribution is 5.97. The SMILES string of the molecule is CC(=O)O.N=C(N)c1cccc(COC(=O)c2cc3cc(OCc4ccccc4)ccc3n2Cc2cccc(C(=N)N)c2)c1. The summed E-state index contributed by atoms with van der Waals surface area (Å²) in [6.07, 6.45) is 0. The highest BCUT2D eigenvalue weighted by Gasteiger charge is 2.19. The summed E-state index contributed by atoms with van der Waals surface area (Å²) >= 11 is 0. The first-order valence-electron chi connectivity index (χ1n) is 13.6. The van der Waals surface area contributed by atoms with Crippen molar-refractivity contribution in [2.75, 3.05) is 0 Å². The Bertz CT molecular complexity index is 1810. The molecule has 44 heavy (non-hydrogen) atoms. The molecule has 0 atom stereocenters. The first kappa shape index (κ1) is 31.0. The zero-order valence-corrected chi connectivity index (χ0v) is 24.1. The molecular weight excluding hydrogens is 558 g/mol. The molecule has 0 aliphatic rings. The fourth-order valence-corrected chi connectivity index (χ4v) is 4.49. The van der Waals surface area contributed by atoms with Crippen LogP contribution in [-0.2, 0) is 29.3 Å². The van der Waals surface area contributed by atoms with Crippen molar-refractivity contribution >= 4 is 34.5 Å². The number of nitrogen functional groups attached to an aromatic ring is 2. The monoisotopic (exact) mass is 591 g/mol. The Kier molecular flexibility index (Phi) is 10.1. The molecule has 4 aromatic carbocycles. The largest absolute Gasteiger partial charge is 0.489 e. The van der Waals surface area contributed by atoms with Gasteiger partial charge >= 0.3 is 5.97 Å². The number of hydrogen-bond acceptors (Lipinski definition) is 6. The van der Waals surface area contributed by atoms with Gasteiger partial charge in [-0.15, -0.1) is 0 Å².